The number of nitrogens with one attached hydrogen (secondary N) is 2. The Labute approximate surface area is 136 Å². The number of hydrogen-bond donors (Lipinski definition) is 2. The molecule has 0 heterocycles. The van der Waals surface area contributed by atoms with Crippen molar-refractivity contribution in [2.75, 3.05) is 33.7 Å². The van der Waals surface area contributed by atoms with E-state index in [9.17, 15) is 0 Å². The molecule has 0 bridgehead atoms. The van der Waals surface area contributed by atoms with E-state index in [1.807, 2.05) is 7.05 Å². The molecule has 0 amide bonds. The minimum atomic E-state index is 0.571. The van der Waals surface area contributed by atoms with Gasteiger partial charge in [0.05, 0.1) is 0 Å². The summed E-state index contributed by atoms with van der Waals surface area (Å²) >= 11 is 0. The van der Waals surface area contributed by atoms with Crippen LogP contribution >= 0.6 is 0 Å². The fourth-order valence-corrected chi connectivity index (χ4v) is 2.37. The Morgan fingerprint density at radius 1 is 1.09 bits per heavy atom. The molecule has 0 atom stereocenters. The van der Waals surface area contributed by atoms with Crippen molar-refractivity contribution in [3.63, 3.8) is 0 Å². The Balaban J connectivity index is 2.32. The van der Waals surface area contributed by atoms with Crippen LogP contribution in [-0.4, -0.2) is 50.6 Å². The first kappa shape index (κ1) is 18.5. The van der Waals surface area contributed by atoms with Gasteiger partial charge < -0.3 is 15.5 Å². The highest BCUT2D eigenvalue weighted by Gasteiger charge is 2.03. The molecule has 1 rings (SSSR count). The molecule has 4 nitrogen and oxygen atoms in total. The molecule has 4 heteroatoms. The summed E-state index contributed by atoms with van der Waals surface area (Å²) < 4.78 is 0. The largest absolute Gasteiger partial charge is 0.356 e. The van der Waals surface area contributed by atoms with E-state index in [4.69, 9.17) is 0 Å². The van der Waals surface area contributed by atoms with Crippen LogP contribution in [0.1, 0.15) is 30.5 Å². The van der Waals surface area contributed by atoms with Gasteiger partial charge in [-0.05, 0) is 46.7 Å². The van der Waals surface area contributed by atoms with E-state index in [2.05, 4.69) is 73.5 Å². The Kier molecular flexibility index (Phi) is 7.96. The average Bonchev–Trinajstić information content (AvgIpc) is 2.44. The molecule has 1 aromatic carbocycles. The molecule has 0 radical (unpaired) electrons. The third kappa shape index (κ3) is 6.94. The van der Waals surface area contributed by atoms with Crippen molar-refractivity contribution in [3.8, 4) is 0 Å². The molecular weight excluding hydrogens is 272 g/mol. The monoisotopic (exact) mass is 304 g/mol. The van der Waals surface area contributed by atoms with E-state index >= 15 is 0 Å². The second-order valence-corrected chi connectivity index (χ2v) is 6.25. The highest BCUT2D eigenvalue weighted by Crippen LogP contribution is 2.08. The van der Waals surface area contributed by atoms with Crippen molar-refractivity contribution < 1.29 is 0 Å². The van der Waals surface area contributed by atoms with E-state index in [0.29, 0.717) is 6.04 Å². The molecule has 0 aliphatic rings. The summed E-state index contributed by atoms with van der Waals surface area (Å²) in [7, 11) is 3.96. The molecule has 0 spiro atoms. The first-order chi connectivity index (χ1) is 10.4. The predicted molar refractivity (Wildman–Crippen MR) is 96.8 cm³/mol. The molecule has 0 aliphatic heterocycles. The van der Waals surface area contributed by atoms with Gasteiger partial charge in [-0.25, -0.2) is 0 Å². The van der Waals surface area contributed by atoms with E-state index < -0.39 is 0 Å². The number of likely N-dealkylation sites (N-methyl/N-ethyl adjacent to an activating group) is 1. The summed E-state index contributed by atoms with van der Waals surface area (Å²) in [6.07, 6.45) is 1.01. The minimum absolute atomic E-state index is 0.571. The lowest BCUT2D eigenvalue weighted by Crippen LogP contribution is -2.42. The van der Waals surface area contributed by atoms with Crippen LogP contribution in [0, 0.1) is 13.8 Å². The Morgan fingerprint density at radius 2 is 1.68 bits per heavy atom. The number of aliphatic imine (C=N–C) groups is 1. The van der Waals surface area contributed by atoms with E-state index in [1.54, 1.807) is 0 Å². The maximum absolute atomic E-state index is 4.27. The number of rotatable bonds is 7. The van der Waals surface area contributed by atoms with Gasteiger partial charge in [0, 0.05) is 32.7 Å². The Bertz CT molecular complexity index is 460. The summed E-state index contributed by atoms with van der Waals surface area (Å²) in [6.45, 7) is 11.5. The van der Waals surface area contributed by atoms with Crippen molar-refractivity contribution in [2.24, 2.45) is 4.99 Å². The van der Waals surface area contributed by atoms with Crippen LogP contribution in [0.15, 0.2) is 23.2 Å². The van der Waals surface area contributed by atoms with Gasteiger partial charge in [0.1, 0.15) is 0 Å². The smallest absolute Gasteiger partial charge is 0.191 e. The highest BCUT2D eigenvalue weighted by atomic mass is 15.2. The lowest BCUT2D eigenvalue weighted by atomic mass is 10.1. The zero-order valence-electron chi connectivity index (χ0n) is 15.0. The first-order valence-electron chi connectivity index (χ1n) is 8.14. The molecule has 0 aromatic heterocycles. The summed E-state index contributed by atoms with van der Waals surface area (Å²) in [5.41, 5.74) is 4.03. The van der Waals surface area contributed by atoms with Gasteiger partial charge in [0.15, 0.2) is 5.96 Å². The van der Waals surface area contributed by atoms with Gasteiger partial charge in [-0.15, -0.1) is 0 Å². The lowest BCUT2D eigenvalue weighted by molar-refractivity contribution is 0.278. The van der Waals surface area contributed by atoms with Gasteiger partial charge in [-0.2, -0.15) is 0 Å². The van der Waals surface area contributed by atoms with Crippen LogP contribution in [0.25, 0.3) is 0 Å². The number of hydrogen-bond acceptors (Lipinski definition) is 2. The average molecular weight is 304 g/mol. The topological polar surface area (TPSA) is 39.7 Å². The normalized spacial score (nSPS) is 12.1. The standard InChI is InChI=1S/C18H32N4/c1-14(2)22(6)10-9-21-18(19-5)20-8-7-17-12-15(3)11-16(4)13-17/h11-14H,7-10H2,1-6H3,(H2,19,20,21). The summed E-state index contributed by atoms with van der Waals surface area (Å²) in [6, 6.07) is 7.29. The number of guanidine groups is 1. The third-order valence-corrected chi connectivity index (χ3v) is 3.85. The third-order valence-electron chi connectivity index (χ3n) is 3.85. The van der Waals surface area contributed by atoms with Crippen LogP contribution in [0.2, 0.25) is 0 Å². The van der Waals surface area contributed by atoms with Crippen LogP contribution in [0.3, 0.4) is 0 Å². The number of aryl methyl sites for hydroxylation is 2. The van der Waals surface area contributed by atoms with Crippen molar-refractivity contribution in [2.45, 2.75) is 40.2 Å². The second-order valence-electron chi connectivity index (χ2n) is 6.25. The Morgan fingerprint density at radius 3 is 2.23 bits per heavy atom. The maximum atomic E-state index is 4.27. The second kappa shape index (κ2) is 9.46. The Hall–Kier alpha value is -1.55. The summed E-state index contributed by atoms with van der Waals surface area (Å²) in [5, 5.41) is 6.74. The fraction of sp³-hybridized carbons (Fsp3) is 0.611. The fourth-order valence-electron chi connectivity index (χ4n) is 2.37. The molecule has 0 unspecified atom stereocenters. The van der Waals surface area contributed by atoms with Gasteiger partial charge in [0.2, 0.25) is 0 Å². The number of benzene rings is 1. The van der Waals surface area contributed by atoms with E-state index in [1.165, 1.54) is 16.7 Å². The van der Waals surface area contributed by atoms with Gasteiger partial charge >= 0.3 is 0 Å². The molecular formula is C18H32N4. The zero-order chi connectivity index (χ0) is 16.5. The minimum Gasteiger partial charge on any atom is -0.356 e. The molecule has 0 aliphatic carbocycles. The van der Waals surface area contributed by atoms with Crippen molar-refractivity contribution in [1.82, 2.24) is 15.5 Å². The van der Waals surface area contributed by atoms with Crippen LogP contribution < -0.4 is 10.6 Å². The molecule has 124 valence electrons. The molecule has 0 fully saturated rings. The summed E-state index contributed by atoms with van der Waals surface area (Å²) in [5.74, 6) is 0.876. The number of nitrogens with zero attached hydrogens (tertiary/aromatic N) is 2. The van der Waals surface area contributed by atoms with Gasteiger partial charge in [-0.3, -0.25) is 4.99 Å². The lowest BCUT2D eigenvalue weighted by Gasteiger charge is -2.21. The molecule has 22 heavy (non-hydrogen) atoms. The summed E-state index contributed by atoms with van der Waals surface area (Å²) in [4.78, 5) is 6.59. The van der Waals surface area contributed by atoms with E-state index in [0.717, 1.165) is 32.0 Å². The van der Waals surface area contributed by atoms with Crippen molar-refractivity contribution in [1.29, 1.82) is 0 Å². The molecule has 2 N–H and O–H groups in total. The first-order valence-corrected chi connectivity index (χ1v) is 8.14. The zero-order valence-corrected chi connectivity index (χ0v) is 15.0. The SMILES string of the molecule is CN=C(NCCc1cc(C)cc(C)c1)NCCN(C)C(C)C. The van der Waals surface area contributed by atoms with Crippen LogP contribution in [0.4, 0.5) is 0 Å². The quantitative estimate of drug-likeness (QED) is 0.600. The van der Waals surface area contributed by atoms with Crippen molar-refractivity contribution >= 4 is 5.96 Å². The van der Waals surface area contributed by atoms with E-state index in [-0.39, 0.29) is 0 Å². The van der Waals surface area contributed by atoms with Crippen LogP contribution in [0.5, 0.6) is 0 Å². The van der Waals surface area contributed by atoms with Gasteiger partial charge in [0.25, 0.3) is 0 Å². The molecule has 0 saturated heterocycles. The predicted octanol–water partition coefficient (Wildman–Crippen LogP) is 2.35. The van der Waals surface area contributed by atoms with Crippen molar-refractivity contribution in [3.05, 3.63) is 34.9 Å². The van der Waals surface area contributed by atoms with Gasteiger partial charge in [-0.1, -0.05) is 29.3 Å². The molecule has 0 saturated carbocycles. The van der Waals surface area contributed by atoms with Crippen LogP contribution in [-0.2, 0) is 6.42 Å². The molecule has 1 aromatic rings. The maximum Gasteiger partial charge on any atom is 0.191 e. The highest BCUT2D eigenvalue weighted by molar-refractivity contribution is 5.79.